The number of hydrogen-bond acceptors (Lipinski definition) is 4. The molecule has 0 aromatic heterocycles. The van der Waals surface area contributed by atoms with Gasteiger partial charge < -0.3 is 14.8 Å². The predicted molar refractivity (Wildman–Crippen MR) is 83.9 cm³/mol. The van der Waals surface area contributed by atoms with Crippen LogP contribution < -0.4 is 10.1 Å². The first kappa shape index (κ1) is 15.3. The molecule has 1 saturated carbocycles. The van der Waals surface area contributed by atoms with Crippen LogP contribution in [0.5, 0.6) is 5.75 Å². The highest BCUT2D eigenvalue weighted by molar-refractivity contribution is 5.83. The van der Waals surface area contributed by atoms with Crippen LogP contribution in [0.25, 0.3) is 0 Å². The van der Waals surface area contributed by atoms with Crippen molar-refractivity contribution in [2.24, 2.45) is 0 Å². The van der Waals surface area contributed by atoms with Crippen LogP contribution in [0.3, 0.4) is 0 Å². The Kier molecular flexibility index (Phi) is 4.10. The number of methoxy groups -OCH3 is 2. The van der Waals surface area contributed by atoms with Gasteiger partial charge in [0.1, 0.15) is 5.75 Å². The lowest BCUT2D eigenvalue weighted by molar-refractivity contribution is -0.126. The molecule has 0 spiro atoms. The molecule has 120 valence electrons. The van der Waals surface area contributed by atoms with Crippen LogP contribution in [0.1, 0.15) is 24.8 Å². The van der Waals surface area contributed by atoms with Crippen molar-refractivity contribution in [1.82, 2.24) is 10.2 Å². The monoisotopic (exact) mass is 304 g/mol. The summed E-state index contributed by atoms with van der Waals surface area (Å²) < 4.78 is 10.7. The Morgan fingerprint density at radius 3 is 2.73 bits per heavy atom. The molecule has 1 heterocycles. The van der Waals surface area contributed by atoms with Gasteiger partial charge in [0.15, 0.2) is 0 Å². The van der Waals surface area contributed by atoms with Gasteiger partial charge in [-0.15, -0.1) is 0 Å². The Morgan fingerprint density at radius 1 is 1.36 bits per heavy atom. The highest BCUT2D eigenvalue weighted by Crippen LogP contribution is 2.46. The first-order valence-electron chi connectivity index (χ1n) is 7.77. The Bertz CT molecular complexity index is 557. The molecule has 2 fully saturated rings. The molecule has 1 amide bonds. The van der Waals surface area contributed by atoms with E-state index in [-0.39, 0.29) is 23.6 Å². The van der Waals surface area contributed by atoms with Crippen molar-refractivity contribution in [3.8, 4) is 5.75 Å². The Labute approximate surface area is 131 Å². The largest absolute Gasteiger partial charge is 0.497 e. The quantitative estimate of drug-likeness (QED) is 0.896. The molecule has 0 radical (unpaired) electrons. The second-order valence-corrected chi connectivity index (χ2v) is 6.35. The Hall–Kier alpha value is -1.59. The third-order valence-electron chi connectivity index (χ3n) is 4.88. The second kappa shape index (κ2) is 5.89. The molecule has 1 aromatic carbocycles. The molecule has 0 bridgehead atoms. The van der Waals surface area contributed by atoms with Crippen molar-refractivity contribution < 1.29 is 14.3 Å². The standard InChI is InChI=1S/C17H24N2O3/c1-19-11-14(22-3)10-15(19)16(20)18-17(7-8-17)12-5-4-6-13(9-12)21-2/h4-6,9,14-15H,7-8,10-11H2,1-3H3,(H,18,20)/t14-,15-/m0/s1. The third-order valence-corrected chi connectivity index (χ3v) is 4.88. The number of likely N-dealkylation sites (N-methyl/N-ethyl adjacent to an activating group) is 1. The minimum absolute atomic E-state index is 0.0994. The van der Waals surface area contributed by atoms with Crippen molar-refractivity contribution in [3.63, 3.8) is 0 Å². The first-order chi connectivity index (χ1) is 10.6. The van der Waals surface area contributed by atoms with Crippen molar-refractivity contribution in [2.45, 2.75) is 36.9 Å². The van der Waals surface area contributed by atoms with Gasteiger partial charge in [-0.1, -0.05) is 12.1 Å². The second-order valence-electron chi connectivity index (χ2n) is 6.35. The third kappa shape index (κ3) is 2.83. The summed E-state index contributed by atoms with van der Waals surface area (Å²) in [5.41, 5.74) is 0.918. The van der Waals surface area contributed by atoms with Gasteiger partial charge in [-0.2, -0.15) is 0 Å². The van der Waals surface area contributed by atoms with Crippen molar-refractivity contribution in [3.05, 3.63) is 29.8 Å². The lowest BCUT2D eigenvalue weighted by Gasteiger charge is -2.24. The number of likely N-dealkylation sites (tertiary alicyclic amines) is 1. The van der Waals surface area contributed by atoms with Gasteiger partial charge in [0.05, 0.1) is 24.8 Å². The molecule has 1 aliphatic heterocycles. The topological polar surface area (TPSA) is 50.8 Å². The summed E-state index contributed by atoms with van der Waals surface area (Å²) in [6, 6.07) is 7.88. The van der Waals surface area contributed by atoms with E-state index in [0.717, 1.165) is 37.1 Å². The van der Waals surface area contributed by atoms with Crippen molar-refractivity contribution in [1.29, 1.82) is 0 Å². The molecule has 1 aliphatic carbocycles. The molecular weight excluding hydrogens is 280 g/mol. The fourth-order valence-corrected chi connectivity index (χ4v) is 3.28. The number of ether oxygens (including phenoxy) is 2. The zero-order chi connectivity index (χ0) is 15.7. The number of carbonyl (C=O) groups is 1. The number of benzene rings is 1. The maximum Gasteiger partial charge on any atom is 0.238 e. The van der Waals surface area contributed by atoms with Gasteiger partial charge in [-0.25, -0.2) is 0 Å². The lowest BCUT2D eigenvalue weighted by Crippen LogP contribution is -2.45. The van der Waals surface area contributed by atoms with Crippen LogP contribution in [0, 0.1) is 0 Å². The van der Waals surface area contributed by atoms with Crippen LogP contribution >= 0.6 is 0 Å². The van der Waals surface area contributed by atoms with E-state index in [1.165, 1.54) is 0 Å². The van der Waals surface area contributed by atoms with E-state index in [2.05, 4.69) is 16.3 Å². The van der Waals surface area contributed by atoms with E-state index in [1.54, 1.807) is 14.2 Å². The average Bonchev–Trinajstić information content (AvgIpc) is 3.21. The maximum absolute atomic E-state index is 12.7. The van der Waals surface area contributed by atoms with Crippen molar-refractivity contribution >= 4 is 5.91 Å². The highest BCUT2D eigenvalue weighted by Gasteiger charge is 2.48. The van der Waals surface area contributed by atoms with Gasteiger partial charge in [0.25, 0.3) is 0 Å². The number of carbonyl (C=O) groups excluding carboxylic acids is 1. The van der Waals surface area contributed by atoms with E-state index >= 15 is 0 Å². The molecular formula is C17H24N2O3. The van der Waals surface area contributed by atoms with Gasteiger partial charge >= 0.3 is 0 Å². The predicted octanol–water partition coefficient (Wildman–Crippen LogP) is 1.52. The first-order valence-corrected chi connectivity index (χ1v) is 7.77. The van der Waals surface area contributed by atoms with Gasteiger partial charge in [0.2, 0.25) is 5.91 Å². The zero-order valence-electron chi connectivity index (χ0n) is 13.5. The summed E-state index contributed by atoms with van der Waals surface area (Å²) >= 11 is 0. The molecule has 5 nitrogen and oxygen atoms in total. The molecule has 2 aliphatic rings. The smallest absolute Gasteiger partial charge is 0.238 e. The Morgan fingerprint density at radius 2 is 2.14 bits per heavy atom. The molecule has 1 saturated heterocycles. The van der Waals surface area contributed by atoms with E-state index in [1.807, 2.05) is 25.2 Å². The van der Waals surface area contributed by atoms with Gasteiger partial charge in [0, 0.05) is 13.7 Å². The fourth-order valence-electron chi connectivity index (χ4n) is 3.28. The number of nitrogens with zero attached hydrogens (tertiary/aromatic N) is 1. The van der Waals surface area contributed by atoms with Crippen LogP contribution in [0.2, 0.25) is 0 Å². The number of rotatable bonds is 5. The van der Waals surface area contributed by atoms with Crippen LogP contribution in [-0.2, 0) is 15.1 Å². The summed E-state index contributed by atoms with van der Waals surface area (Å²) in [7, 11) is 5.35. The number of amides is 1. The average molecular weight is 304 g/mol. The molecule has 0 unspecified atom stereocenters. The summed E-state index contributed by atoms with van der Waals surface area (Å²) in [5.74, 6) is 0.929. The SMILES string of the molecule is COc1cccc(C2(NC(=O)[C@@H]3C[C@H](OC)CN3C)CC2)c1. The van der Waals surface area contributed by atoms with E-state index < -0.39 is 0 Å². The maximum atomic E-state index is 12.7. The molecule has 22 heavy (non-hydrogen) atoms. The molecule has 2 atom stereocenters. The number of hydrogen-bond donors (Lipinski definition) is 1. The van der Waals surface area contributed by atoms with E-state index in [4.69, 9.17) is 9.47 Å². The molecule has 5 heteroatoms. The molecule has 1 N–H and O–H groups in total. The fraction of sp³-hybridized carbons (Fsp3) is 0.588. The van der Waals surface area contributed by atoms with Gasteiger partial charge in [-0.3, -0.25) is 9.69 Å². The summed E-state index contributed by atoms with van der Waals surface area (Å²) in [4.78, 5) is 14.7. The van der Waals surface area contributed by atoms with Crippen molar-refractivity contribution in [2.75, 3.05) is 27.8 Å². The van der Waals surface area contributed by atoms with Crippen LogP contribution in [0.4, 0.5) is 0 Å². The molecule has 1 aromatic rings. The number of nitrogens with one attached hydrogen (secondary N) is 1. The molecule has 3 rings (SSSR count). The lowest BCUT2D eigenvalue weighted by atomic mass is 10.0. The van der Waals surface area contributed by atoms with Gasteiger partial charge in [-0.05, 0) is 44.0 Å². The minimum atomic E-state index is -0.211. The van der Waals surface area contributed by atoms with Crippen LogP contribution in [0.15, 0.2) is 24.3 Å². The summed E-state index contributed by atoms with van der Waals surface area (Å²) in [6.45, 7) is 0.806. The summed E-state index contributed by atoms with van der Waals surface area (Å²) in [6.07, 6.45) is 2.87. The summed E-state index contributed by atoms with van der Waals surface area (Å²) in [5, 5.41) is 3.26. The minimum Gasteiger partial charge on any atom is -0.497 e. The van der Waals surface area contributed by atoms with E-state index in [9.17, 15) is 4.79 Å². The van der Waals surface area contributed by atoms with E-state index in [0.29, 0.717) is 0 Å². The van der Waals surface area contributed by atoms with Crippen LogP contribution in [-0.4, -0.2) is 50.8 Å². The Balaban J connectivity index is 1.71. The zero-order valence-corrected chi connectivity index (χ0v) is 13.5. The normalized spacial score (nSPS) is 26.7. The highest BCUT2D eigenvalue weighted by atomic mass is 16.5.